The van der Waals surface area contributed by atoms with Crippen molar-refractivity contribution >= 4 is 10.8 Å². The molecule has 2 N–H and O–H groups in total. The Morgan fingerprint density at radius 3 is 2.24 bits per heavy atom. The van der Waals surface area contributed by atoms with Gasteiger partial charge in [0.05, 0.1) is 29.9 Å². The standard InChI is InChI=1S/C13H18F3NO3S/c1-8(13(14,15)16)21(18)12-7-10(19-2)9(4-5-17)6-11(12)20-3/h6-8H,4-5,17H2,1-3H3. The second kappa shape index (κ2) is 7.13. The molecule has 4 nitrogen and oxygen atoms in total. The molecule has 2 unspecified atom stereocenters. The Hall–Kier alpha value is -1.28. The highest BCUT2D eigenvalue weighted by Crippen LogP contribution is 2.35. The number of alkyl halides is 3. The van der Waals surface area contributed by atoms with Gasteiger partial charge in [0, 0.05) is 6.07 Å². The van der Waals surface area contributed by atoms with Crippen LogP contribution in [0.1, 0.15) is 12.5 Å². The van der Waals surface area contributed by atoms with Crippen LogP contribution in [-0.4, -0.2) is 36.4 Å². The molecule has 1 rings (SSSR count). The third-order valence-corrected chi connectivity index (χ3v) is 4.64. The van der Waals surface area contributed by atoms with Crippen molar-refractivity contribution in [3.8, 4) is 11.5 Å². The smallest absolute Gasteiger partial charge is 0.403 e. The normalized spacial score (nSPS) is 14.6. The van der Waals surface area contributed by atoms with E-state index in [-0.39, 0.29) is 10.6 Å². The first-order valence-corrected chi connectivity index (χ1v) is 7.39. The van der Waals surface area contributed by atoms with Gasteiger partial charge in [-0.2, -0.15) is 13.2 Å². The molecule has 2 atom stereocenters. The molecule has 120 valence electrons. The van der Waals surface area contributed by atoms with Crippen molar-refractivity contribution in [3.05, 3.63) is 17.7 Å². The number of rotatable bonds is 6. The van der Waals surface area contributed by atoms with Crippen molar-refractivity contribution in [2.45, 2.75) is 29.7 Å². The third-order valence-electron chi connectivity index (χ3n) is 2.98. The fraction of sp³-hybridized carbons (Fsp3) is 0.538. The van der Waals surface area contributed by atoms with Gasteiger partial charge in [-0.05, 0) is 31.5 Å². The molecule has 0 saturated carbocycles. The topological polar surface area (TPSA) is 61.5 Å². The molecule has 21 heavy (non-hydrogen) atoms. The van der Waals surface area contributed by atoms with E-state index < -0.39 is 22.2 Å². The Balaban J connectivity index is 3.32. The summed E-state index contributed by atoms with van der Waals surface area (Å²) in [6.07, 6.45) is -4.08. The van der Waals surface area contributed by atoms with Gasteiger partial charge in [-0.25, -0.2) is 0 Å². The molecule has 0 aromatic heterocycles. The van der Waals surface area contributed by atoms with E-state index in [9.17, 15) is 17.4 Å². The van der Waals surface area contributed by atoms with Crippen molar-refractivity contribution in [1.29, 1.82) is 0 Å². The number of hydrogen-bond acceptors (Lipinski definition) is 4. The highest BCUT2D eigenvalue weighted by molar-refractivity contribution is 7.85. The third kappa shape index (κ3) is 4.10. The average Bonchev–Trinajstić information content (AvgIpc) is 2.44. The molecule has 0 aliphatic carbocycles. The van der Waals surface area contributed by atoms with E-state index >= 15 is 0 Å². The minimum atomic E-state index is -4.56. The Morgan fingerprint density at radius 2 is 1.81 bits per heavy atom. The lowest BCUT2D eigenvalue weighted by atomic mass is 10.1. The lowest BCUT2D eigenvalue weighted by molar-refractivity contribution is -0.126. The van der Waals surface area contributed by atoms with Gasteiger partial charge in [0.2, 0.25) is 0 Å². The molecule has 0 radical (unpaired) electrons. The van der Waals surface area contributed by atoms with Crippen LogP contribution in [0.3, 0.4) is 0 Å². The minimum Gasteiger partial charge on any atom is -0.496 e. The first-order valence-electron chi connectivity index (χ1n) is 6.18. The van der Waals surface area contributed by atoms with E-state index in [0.29, 0.717) is 24.3 Å². The SMILES string of the molecule is COc1cc(S(=O)C(C)C(F)(F)F)c(OC)cc1CCN. The summed E-state index contributed by atoms with van der Waals surface area (Å²) in [5.41, 5.74) is 6.17. The maximum absolute atomic E-state index is 12.7. The Kier molecular flexibility index (Phi) is 6.03. The molecule has 8 heteroatoms. The van der Waals surface area contributed by atoms with E-state index in [4.69, 9.17) is 15.2 Å². The van der Waals surface area contributed by atoms with Crippen LogP contribution in [0.25, 0.3) is 0 Å². The summed E-state index contributed by atoms with van der Waals surface area (Å²) in [5.74, 6) is 0.479. The minimum absolute atomic E-state index is 0.0417. The average molecular weight is 325 g/mol. The summed E-state index contributed by atoms with van der Waals surface area (Å²) < 4.78 is 60.5. The molecule has 0 heterocycles. The van der Waals surface area contributed by atoms with Gasteiger partial charge in [0.1, 0.15) is 16.7 Å². The second-order valence-electron chi connectivity index (χ2n) is 4.33. The number of nitrogens with two attached hydrogens (primary N) is 1. The maximum atomic E-state index is 12.7. The molecule has 0 saturated heterocycles. The summed E-state index contributed by atoms with van der Waals surface area (Å²) in [6, 6.07) is 2.84. The fourth-order valence-electron chi connectivity index (χ4n) is 1.75. The van der Waals surface area contributed by atoms with Gasteiger partial charge in [0.15, 0.2) is 0 Å². The van der Waals surface area contributed by atoms with Gasteiger partial charge in [-0.1, -0.05) is 0 Å². The van der Waals surface area contributed by atoms with E-state index in [1.54, 1.807) is 0 Å². The molecular weight excluding hydrogens is 307 g/mol. The summed E-state index contributed by atoms with van der Waals surface area (Å²) in [4.78, 5) is -0.0417. The zero-order valence-electron chi connectivity index (χ0n) is 12.0. The van der Waals surface area contributed by atoms with E-state index in [1.807, 2.05) is 0 Å². The Morgan fingerprint density at radius 1 is 1.24 bits per heavy atom. The van der Waals surface area contributed by atoms with E-state index in [0.717, 1.165) is 6.92 Å². The van der Waals surface area contributed by atoms with Crippen molar-refractivity contribution in [2.24, 2.45) is 5.73 Å². The lowest BCUT2D eigenvalue weighted by Gasteiger charge is -2.19. The number of hydrogen-bond donors (Lipinski definition) is 1. The number of methoxy groups -OCH3 is 2. The van der Waals surface area contributed by atoms with Crippen LogP contribution in [0.2, 0.25) is 0 Å². The number of benzene rings is 1. The van der Waals surface area contributed by atoms with Crippen LogP contribution in [0.4, 0.5) is 13.2 Å². The zero-order chi connectivity index (χ0) is 16.2. The molecule has 0 amide bonds. The van der Waals surface area contributed by atoms with Gasteiger partial charge in [0.25, 0.3) is 0 Å². The van der Waals surface area contributed by atoms with Crippen LogP contribution in [0, 0.1) is 0 Å². The van der Waals surface area contributed by atoms with Crippen LogP contribution in [-0.2, 0) is 17.2 Å². The highest BCUT2D eigenvalue weighted by Gasteiger charge is 2.41. The zero-order valence-corrected chi connectivity index (χ0v) is 12.8. The summed E-state index contributed by atoms with van der Waals surface area (Å²) in [5, 5.41) is -2.00. The lowest BCUT2D eigenvalue weighted by Crippen LogP contribution is -2.30. The van der Waals surface area contributed by atoms with Crippen LogP contribution in [0.15, 0.2) is 17.0 Å². The van der Waals surface area contributed by atoms with Gasteiger partial charge in [-0.15, -0.1) is 0 Å². The maximum Gasteiger partial charge on any atom is 0.403 e. The fourth-order valence-corrected chi connectivity index (χ4v) is 2.94. The van der Waals surface area contributed by atoms with Crippen molar-refractivity contribution in [1.82, 2.24) is 0 Å². The van der Waals surface area contributed by atoms with Gasteiger partial charge >= 0.3 is 6.18 Å². The van der Waals surface area contributed by atoms with Crippen LogP contribution < -0.4 is 15.2 Å². The predicted octanol–water partition coefficient (Wildman–Crippen LogP) is 2.26. The van der Waals surface area contributed by atoms with Gasteiger partial charge < -0.3 is 15.2 Å². The first kappa shape index (κ1) is 17.8. The summed E-state index contributed by atoms with van der Waals surface area (Å²) in [6.45, 7) is 1.22. The largest absolute Gasteiger partial charge is 0.496 e. The predicted molar refractivity (Wildman–Crippen MR) is 74.2 cm³/mol. The van der Waals surface area contributed by atoms with E-state index in [2.05, 4.69) is 0 Å². The number of halogens is 3. The molecular formula is C13H18F3NO3S. The molecule has 1 aromatic carbocycles. The molecule has 0 fully saturated rings. The molecule has 0 spiro atoms. The molecule has 0 aliphatic heterocycles. The van der Waals surface area contributed by atoms with Crippen molar-refractivity contribution < 1.29 is 26.9 Å². The number of ether oxygens (including phenoxy) is 2. The second-order valence-corrected chi connectivity index (χ2v) is 6.08. The monoisotopic (exact) mass is 325 g/mol. The van der Waals surface area contributed by atoms with Crippen molar-refractivity contribution in [3.63, 3.8) is 0 Å². The van der Waals surface area contributed by atoms with Crippen LogP contribution in [0.5, 0.6) is 11.5 Å². The summed E-state index contributed by atoms with van der Waals surface area (Å²) >= 11 is 0. The van der Waals surface area contributed by atoms with E-state index in [1.165, 1.54) is 26.4 Å². The quantitative estimate of drug-likeness (QED) is 0.871. The molecule has 0 bridgehead atoms. The Labute approximate surface area is 123 Å². The van der Waals surface area contributed by atoms with Crippen molar-refractivity contribution in [2.75, 3.05) is 20.8 Å². The molecule has 0 aliphatic rings. The highest BCUT2D eigenvalue weighted by atomic mass is 32.2. The van der Waals surface area contributed by atoms with Gasteiger partial charge in [-0.3, -0.25) is 4.21 Å². The first-order chi connectivity index (χ1) is 9.76. The summed E-state index contributed by atoms with van der Waals surface area (Å²) in [7, 11) is 0.409. The Bertz CT molecular complexity index is 520. The molecule has 1 aromatic rings. The van der Waals surface area contributed by atoms with Crippen LogP contribution >= 0.6 is 0 Å².